The van der Waals surface area contributed by atoms with Gasteiger partial charge in [0.1, 0.15) is 5.52 Å². The fourth-order valence-corrected chi connectivity index (χ4v) is 7.81. The number of carbonyl (C=O) groups is 2. The van der Waals surface area contributed by atoms with Gasteiger partial charge >= 0.3 is 0 Å². The van der Waals surface area contributed by atoms with Gasteiger partial charge in [-0.2, -0.15) is 0 Å². The quantitative estimate of drug-likeness (QED) is 0.299. The second kappa shape index (κ2) is 8.83. The van der Waals surface area contributed by atoms with E-state index in [-0.39, 0.29) is 23.0 Å². The van der Waals surface area contributed by atoms with Gasteiger partial charge in [-0.25, -0.2) is 4.98 Å². The van der Waals surface area contributed by atoms with Crippen LogP contribution in [0.15, 0.2) is 53.7 Å². The van der Waals surface area contributed by atoms with Crippen molar-refractivity contribution in [3.63, 3.8) is 0 Å². The molecule has 0 saturated heterocycles. The molecule has 0 aliphatic heterocycles. The Morgan fingerprint density at radius 2 is 1.62 bits per heavy atom. The number of nitrogens with one attached hydrogen (secondary N) is 3. The Labute approximate surface area is 218 Å². The van der Waals surface area contributed by atoms with E-state index in [1.54, 1.807) is 0 Å². The summed E-state index contributed by atoms with van der Waals surface area (Å²) in [4.78, 5) is 33.8. The minimum atomic E-state index is -0.204. The molecule has 0 atom stereocenters. The number of benzene rings is 2. The predicted molar refractivity (Wildman–Crippen MR) is 144 cm³/mol. The van der Waals surface area contributed by atoms with Crippen LogP contribution in [0.4, 0.5) is 11.4 Å². The summed E-state index contributed by atoms with van der Waals surface area (Å²) in [6.45, 7) is 0. The Morgan fingerprint density at radius 1 is 0.919 bits per heavy atom. The molecule has 4 saturated carbocycles. The lowest BCUT2D eigenvalue weighted by atomic mass is 9.49. The molecule has 4 bridgehead atoms. The molecule has 0 spiro atoms. The lowest BCUT2D eigenvalue weighted by Crippen LogP contribution is -2.51. The third-order valence-corrected chi connectivity index (χ3v) is 9.20. The van der Waals surface area contributed by atoms with Gasteiger partial charge in [0.05, 0.1) is 11.2 Å². The minimum Gasteiger partial charge on any atom is -0.338 e. The van der Waals surface area contributed by atoms with Crippen molar-refractivity contribution in [3.8, 4) is 0 Å². The van der Waals surface area contributed by atoms with Gasteiger partial charge in [-0.15, -0.1) is 10.2 Å². The molecule has 3 N–H and O–H groups in total. The van der Waals surface area contributed by atoms with Crippen molar-refractivity contribution < 1.29 is 9.59 Å². The van der Waals surface area contributed by atoms with Crippen LogP contribution >= 0.6 is 11.8 Å². The average molecular weight is 513 g/mol. The summed E-state index contributed by atoms with van der Waals surface area (Å²) in [5, 5.41) is 16.0. The van der Waals surface area contributed by atoms with Crippen LogP contribution < -0.4 is 10.6 Å². The standard InChI is InChI=1S/C28H28N6O2S/c35-23(15-37-27-32-25-24(33-34-27)21-6-1-2-7-22(21)31-25)29-19-4-3-5-20(11-19)30-26(36)28-12-16-8-17(13-28)10-18(9-16)14-28/h1-7,11,16-18H,8-10,12-15H2,(H,29,35)(H,30,36)(H,31,32,34). The lowest BCUT2D eigenvalue weighted by Gasteiger charge is -2.55. The van der Waals surface area contributed by atoms with Gasteiger partial charge in [0.25, 0.3) is 0 Å². The molecular formula is C28H28N6O2S. The van der Waals surface area contributed by atoms with Crippen LogP contribution in [0.2, 0.25) is 0 Å². The molecule has 2 amide bonds. The molecule has 4 aliphatic rings. The second-order valence-electron chi connectivity index (χ2n) is 11.0. The number of hydrogen-bond donors (Lipinski definition) is 3. The van der Waals surface area contributed by atoms with Crippen LogP contribution in [0.3, 0.4) is 0 Å². The van der Waals surface area contributed by atoms with Crippen molar-refractivity contribution in [3.05, 3.63) is 48.5 Å². The second-order valence-corrected chi connectivity index (χ2v) is 12.0. The van der Waals surface area contributed by atoms with Crippen LogP contribution in [0.25, 0.3) is 22.1 Å². The molecule has 4 aromatic rings. The summed E-state index contributed by atoms with van der Waals surface area (Å²) in [5.41, 5.74) is 3.50. The van der Waals surface area contributed by atoms with Gasteiger partial charge in [-0.1, -0.05) is 36.0 Å². The van der Waals surface area contributed by atoms with Gasteiger partial charge in [-0.3, -0.25) is 9.59 Å². The molecule has 8 nitrogen and oxygen atoms in total. The summed E-state index contributed by atoms with van der Waals surface area (Å²) in [6, 6.07) is 15.3. The molecule has 0 unspecified atom stereocenters. The molecule has 8 rings (SSSR count). The minimum absolute atomic E-state index is 0.150. The Hall–Kier alpha value is -3.46. The highest BCUT2D eigenvalue weighted by Gasteiger charge is 2.54. The maximum absolute atomic E-state index is 13.4. The number of thioether (sulfide) groups is 1. The van der Waals surface area contributed by atoms with E-state index in [2.05, 4.69) is 30.8 Å². The Balaban J connectivity index is 0.983. The normalized spacial score (nSPS) is 26.0. The average Bonchev–Trinajstić information content (AvgIpc) is 3.25. The van der Waals surface area contributed by atoms with Crippen LogP contribution in [-0.2, 0) is 9.59 Å². The SMILES string of the molecule is O=C(CSc1nnc2c(n1)[nH]c1ccccc12)Nc1cccc(NC(=O)C23CC4CC(CC(C4)C2)C3)c1. The zero-order valence-corrected chi connectivity index (χ0v) is 21.2. The monoisotopic (exact) mass is 512 g/mol. The van der Waals surface area contributed by atoms with Crippen molar-refractivity contribution in [1.29, 1.82) is 0 Å². The fraction of sp³-hybridized carbons (Fsp3) is 0.393. The number of nitrogens with zero attached hydrogens (tertiary/aromatic N) is 3. The highest BCUT2D eigenvalue weighted by molar-refractivity contribution is 7.99. The van der Waals surface area contributed by atoms with E-state index >= 15 is 0 Å². The van der Waals surface area contributed by atoms with Gasteiger partial charge in [0.2, 0.25) is 17.0 Å². The Kier molecular flexibility index (Phi) is 5.42. The number of fused-ring (bicyclic) bond motifs is 3. The van der Waals surface area contributed by atoms with Crippen molar-refractivity contribution >= 4 is 57.0 Å². The first-order valence-corrected chi connectivity index (χ1v) is 14.0. The first kappa shape index (κ1) is 22.7. The van der Waals surface area contributed by atoms with Crippen LogP contribution in [0.1, 0.15) is 38.5 Å². The summed E-state index contributed by atoms with van der Waals surface area (Å²) in [5.74, 6) is 2.29. The van der Waals surface area contributed by atoms with Crippen molar-refractivity contribution in [2.24, 2.45) is 23.2 Å². The van der Waals surface area contributed by atoms with E-state index in [0.717, 1.165) is 59.1 Å². The predicted octanol–water partition coefficient (Wildman–Crippen LogP) is 5.39. The van der Waals surface area contributed by atoms with E-state index in [4.69, 9.17) is 0 Å². The maximum Gasteiger partial charge on any atom is 0.234 e. The zero-order valence-electron chi connectivity index (χ0n) is 20.4. The number of hydrogen-bond acceptors (Lipinski definition) is 6. The molecule has 9 heteroatoms. The Bertz CT molecular complexity index is 1500. The van der Waals surface area contributed by atoms with Crippen LogP contribution in [-0.4, -0.2) is 37.7 Å². The zero-order chi connectivity index (χ0) is 25.0. The van der Waals surface area contributed by atoms with Crippen molar-refractivity contribution in [2.75, 3.05) is 16.4 Å². The summed E-state index contributed by atoms with van der Waals surface area (Å²) in [6.07, 6.45) is 7.01. The number of carbonyl (C=O) groups excluding carboxylic acids is 2. The molecule has 37 heavy (non-hydrogen) atoms. The first-order valence-electron chi connectivity index (χ1n) is 13.0. The molecule has 4 aliphatic carbocycles. The van der Waals surface area contributed by atoms with Crippen molar-refractivity contribution in [1.82, 2.24) is 20.2 Å². The molecule has 2 aromatic carbocycles. The highest BCUT2D eigenvalue weighted by atomic mass is 32.2. The smallest absolute Gasteiger partial charge is 0.234 e. The Morgan fingerprint density at radius 3 is 2.38 bits per heavy atom. The van der Waals surface area contributed by atoms with Crippen LogP contribution in [0.5, 0.6) is 0 Å². The summed E-state index contributed by atoms with van der Waals surface area (Å²) < 4.78 is 0. The van der Waals surface area contributed by atoms with E-state index in [1.165, 1.54) is 31.0 Å². The van der Waals surface area contributed by atoms with E-state index in [0.29, 0.717) is 16.5 Å². The maximum atomic E-state index is 13.4. The number of rotatable bonds is 6. The third-order valence-electron chi connectivity index (χ3n) is 8.36. The number of para-hydroxylation sites is 1. The number of aromatic nitrogens is 4. The highest BCUT2D eigenvalue weighted by Crippen LogP contribution is 2.60. The molecular weight excluding hydrogens is 484 g/mol. The number of H-pyrrole nitrogens is 1. The molecule has 2 aromatic heterocycles. The topological polar surface area (TPSA) is 113 Å². The third kappa shape index (κ3) is 4.25. The van der Waals surface area contributed by atoms with Gasteiger partial charge < -0.3 is 15.6 Å². The molecule has 2 heterocycles. The number of amides is 2. The lowest BCUT2D eigenvalue weighted by molar-refractivity contribution is -0.140. The fourth-order valence-electron chi connectivity index (χ4n) is 7.22. The van der Waals surface area contributed by atoms with Gasteiger partial charge in [0.15, 0.2) is 5.65 Å². The summed E-state index contributed by atoms with van der Waals surface area (Å²) in [7, 11) is 0. The molecule has 188 valence electrons. The van der Waals surface area contributed by atoms with E-state index in [1.807, 2.05) is 48.5 Å². The van der Waals surface area contributed by atoms with E-state index in [9.17, 15) is 9.59 Å². The van der Waals surface area contributed by atoms with Gasteiger partial charge in [-0.05, 0) is 80.5 Å². The number of anilines is 2. The summed E-state index contributed by atoms with van der Waals surface area (Å²) >= 11 is 1.23. The molecule has 0 radical (unpaired) electrons. The first-order chi connectivity index (χ1) is 18.0. The van der Waals surface area contributed by atoms with E-state index < -0.39 is 0 Å². The van der Waals surface area contributed by atoms with Crippen LogP contribution in [0, 0.1) is 23.2 Å². The molecule has 4 fully saturated rings. The van der Waals surface area contributed by atoms with Gasteiger partial charge in [0, 0.05) is 22.3 Å². The van der Waals surface area contributed by atoms with Crippen molar-refractivity contribution in [2.45, 2.75) is 43.7 Å². The number of aromatic amines is 1. The largest absolute Gasteiger partial charge is 0.338 e.